The first-order chi connectivity index (χ1) is 15.4. The second-order valence-electron chi connectivity index (χ2n) is 8.71. The van der Waals surface area contributed by atoms with Gasteiger partial charge in [-0.15, -0.1) is 0 Å². The van der Waals surface area contributed by atoms with Gasteiger partial charge in [0.25, 0.3) is 5.91 Å². The highest BCUT2D eigenvalue weighted by Gasteiger charge is 2.54. The number of imide groups is 1. The number of carbonyl (C=O) groups is 3. The minimum atomic E-state index is -1.25. The number of amides is 4. The predicted octanol–water partition coefficient (Wildman–Crippen LogP) is 1.98. The smallest absolute Gasteiger partial charge is 0.326 e. The summed E-state index contributed by atoms with van der Waals surface area (Å²) in [6, 6.07) is 9.90. The molecule has 0 radical (unpaired) electrons. The minimum absolute atomic E-state index is 0.0312. The molecule has 4 amide bonds. The average molecular weight is 432 g/mol. The highest BCUT2D eigenvalue weighted by Crippen LogP contribution is 2.39. The van der Waals surface area contributed by atoms with Crippen LogP contribution in [0.3, 0.4) is 0 Å². The van der Waals surface area contributed by atoms with Gasteiger partial charge in [-0.3, -0.25) is 19.3 Å². The summed E-state index contributed by atoms with van der Waals surface area (Å²) in [6.45, 7) is 1.96. The Bertz CT molecular complexity index is 1180. The van der Waals surface area contributed by atoms with Crippen molar-refractivity contribution in [2.45, 2.75) is 37.9 Å². The van der Waals surface area contributed by atoms with E-state index in [0.717, 1.165) is 28.9 Å². The van der Waals surface area contributed by atoms with Gasteiger partial charge in [0.05, 0.1) is 0 Å². The summed E-state index contributed by atoms with van der Waals surface area (Å²) in [6.07, 6.45) is 7.18. The molecule has 0 unspecified atom stereocenters. The molecule has 2 atom stereocenters. The Kier molecular flexibility index (Phi) is 4.73. The maximum absolute atomic E-state index is 13.4. The van der Waals surface area contributed by atoms with Crippen molar-refractivity contribution in [3.05, 3.63) is 75.7 Å². The van der Waals surface area contributed by atoms with E-state index in [4.69, 9.17) is 0 Å². The summed E-state index contributed by atoms with van der Waals surface area (Å²) in [5.74, 6) is -0.340. The lowest BCUT2D eigenvalue weighted by Gasteiger charge is -2.31. The van der Waals surface area contributed by atoms with Crippen LogP contribution in [0.5, 0.6) is 0 Å². The molecule has 1 aromatic heterocycles. The summed E-state index contributed by atoms with van der Waals surface area (Å²) in [4.78, 5) is 56.2. The van der Waals surface area contributed by atoms with Gasteiger partial charge in [0, 0.05) is 24.8 Å². The first kappa shape index (κ1) is 20.2. The number of rotatable bonds is 6. The number of benzene rings is 1. The lowest BCUT2D eigenvalue weighted by atomic mass is 9.92. The van der Waals surface area contributed by atoms with E-state index in [1.807, 2.05) is 37.3 Å². The van der Waals surface area contributed by atoms with Crippen molar-refractivity contribution in [2.75, 3.05) is 6.54 Å². The Morgan fingerprint density at radius 1 is 1.19 bits per heavy atom. The molecule has 1 aliphatic heterocycles. The normalized spacial score (nSPS) is 22.2. The lowest BCUT2D eigenvalue weighted by Crippen LogP contribution is -2.47. The first-order valence-electron chi connectivity index (χ1n) is 10.8. The van der Waals surface area contributed by atoms with Crippen LogP contribution in [0.1, 0.15) is 36.5 Å². The summed E-state index contributed by atoms with van der Waals surface area (Å²) in [7, 11) is 0. The number of urea groups is 1. The topological polar surface area (TPSA) is 103 Å². The molecule has 1 aromatic carbocycles. The van der Waals surface area contributed by atoms with Crippen LogP contribution in [0.25, 0.3) is 6.08 Å². The zero-order valence-electron chi connectivity index (χ0n) is 17.7. The number of carbonyl (C=O) groups excluding carboxylic acids is 3. The largest absolute Gasteiger partial charge is 0.334 e. The lowest BCUT2D eigenvalue weighted by molar-refractivity contribution is -0.140. The first-order valence-corrected chi connectivity index (χ1v) is 10.8. The van der Waals surface area contributed by atoms with Crippen LogP contribution in [0.4, 0.5) is 4.79 Å². The molecule has 1 saturated heterocycles. The zero-order chi connectivity index (χ0) is 22.5. The summed E-state index contributed by atoms with van der Waals surface area (Å²) < 4.78 is 0. The second-order valence-corrected chi connectivity index (χ2v) is 8.71. The Morgan fingerprint density at radius 3 is 2.69 bits per heavy atom. The summed E-state index contributed by atoms with van der Waals surface area (Å²) in [5, 5.41) is 2.79. The summed E-state index contributed by atoms with van der Waals surface area (Å²) >= 11 is 0. The third-order valence-corrected chi connectivity index (χ3v) is 6.64. The molecule has 8 heteroatoms. The standard InChI is InChI=1S/C24H24N4O4/c1-15(17-7-8-17)27(13-16-6-9-20(29)25-12-16)21(30)14-28-22(31)24(26-23(28)32)11-10-18-4-2-3-5-19(18)24/h2-6,9-12,15,17H,7-8,13-14H2,1H3,(H,25,29)(H,26,32)/t15-,24-/m0/s1. The van der Waals surface area contributed by atoms with E-state index in [1.54, 1.807) is 23.2 Å². The van der Waals surface area contributed by atoms with Crippen LogP contribution in [0.2, 0.25) is 0 Å². The number of H-pyrrole nitrogens is 1. The molecular formula is C24H24N4O4. The molecule has 0 bridgehead atoms. The van der Waals surface area contributed by atoms with E-state index in [1.165, 1.54) is 6.07 Å². The fourth-order valence-corrected chi connectivity index (χ4v) is 4.60. The fraction of sp³-hybridized carbons (Fsp3) is 0.333. The van der Waals surface area contributed by atoms with E-state index < -0.39 is 17.5 Å². The van der Waals surface area contributed by atoms with Crippen molar-refractivity contribution in [1.82, 2.24) is 20.1 Å². The molecule has 2 N–H and O–H groups in total. The molecule has 2 aromatic rings. The van der Waals surface area contributed by atoms with Crippen LogP contribution in [0.15, 0.2) is 53.5 Å². The van der Waals surface area contributed by atoms with Crippen LogP contribution in [-0.2, 0) is 21.7 Å². The monoisotopic (exact) mass is 432 g/mol. The Morgan fingerprint density at radius 2 is 1.97 bits per heavy atom. The maximum atomic E-state index is 13.4. The van der Waals surface area contributed by atoms with Gasteiger partial charge >= 0.3 is 6.03 Å². The number of fused-ring (bicyclic) bond motifs is 2. The van der Waals surface area contributed by atoms with Crippen molar-refractivity contribution in [3.8, 4) is 0 Å². The Labute approximate surface area is 184 Å². The zero-order valence-corrected chi connectivity index (χ0v) is 17.7. The van der Waals surface area contributed by atoms with Crippen LogP contribution in [-0.4, -0.2) is 45.2 Å². The van der Waals surface area contributed by atoms with Crippen LogP contribution >= 0.6 is 0 Å². The predicted molar refractivity (Wildman–Crippen MR) is 117 cm³/mol. The van der Waals surface area contributed by atoms with Gasteiger partial charge in [-0.2, -0.15) is 0 Å². The van der Waals surface area contributed by atoms with Crippen molar-refractivity contribution < 1.29 is 14.4 Å². The second kappa shape index (κ2) is 7.47. The van der Waals surface area contributed by atoms with Gasteiger partial charge in [0.1, 0.15) is 6.54 Å². The van der Waals surface area contributed by atoms with Crippen molar-refractivity contribution in [3.63, 3.8) is 0 Å². The number of pyridine rings is 1. The van der Waals surface area contributed by atoms with Crippen molar-refractivity contribution >= 4 is 23.9 Å². The molecule has 5 rings (SSSR count). The summed E-state index contributed by atoms with van der Waals surface area (Å²) in [5.41, 5.74) is 0.907. The van der Waals surface area contributed by atoms with Gasteiger partial charge < -0.3 is 15.2 Å². The Hall–Kier alpha value is -3.68. The van der Waals surface area contributed by atoms with Crippen LogP contribution in [0, 0.1) is 5.92 Å². The highest BCUT2D eigenvalue weighted by atomic mass is 16.2. The SMILES string of the molecule is C[C@@H](C1CC1)N(Cc1ccc(=O)[nH]c1)C(=O)CN1C(=O)N[C@]2(C=Cc3ccccc32)C1=O. The van der Waals surface area contributed by atoms with Gasteiger partial charge in [-0.05, 0) is 48.4 Å². The average Bonchev–Trinajstić information content (AvgIpc) is 3.54. The fourth-order valence-electron chi connectivity index (χ4n) is 4.60. The molecular weight excluding hydrogens is 408 g/mol. The number of nitrogens with zero attached hydrogens (tertiary/aromatic N) is 2. The molecule has 3 aliphatic rings. The molecule has 32 heavy (non-hydrogen) atoms. The molecule has 1 saturated carbocycles. The quantitative estimate of drug-likeness (QED) is 0.682. The molecule has 2 aliphatic carbocycles. The van der Waals surface area contributed by atoms with Crippen molar-refractivity contribution in [1.29, 1.82) is 0 Å². The van der Waals surface area contributed by atoms with E-state index in [0.29, 0.717) is 18.0 Å². The van der Waals surface area contributed by atoms with Gasteiger partial charge in [-0.1, -0.05) is 36.4 Å². The van der Waals surface area contributed by atoms with Crippen LogP contribution < -0.4 is 10.9 Å². The molecule has 2 heterocycles. The molecule has 8 nitrogen and oxygen atoms in total. The van der Waals surface area contributed by atoms with Gasteiger partial charge in [0.15, 0.2) is 5.54 Å². The molecule has 1 spiro atoms. The minimum Gasteiger partial charge on any atom is -0.334 e. The van der Waals surface area contributed by atoms with E-state index in [9.17, 15) is 19.2 Å². The van der Waals surface area contributed by atoms with Gasteiger partial charge in [-0.25, -0.2) is 4.79 Å². The number of aromatic nitrogens is 1. The highest BCUT2D eigenvalue weighted by molar-refractivity contribution is 6.12. The third kappa shape index (κ3) is 3.32. The maximum Gasteiger partial charge on any atom is 0.326 e. The number of nitrogens with one attached hydrogen (secondary N) is 2. The Balaban J connectivity index is 1.38. The number of hydrogen-bond donors (Lipinski definition) is 2. The van der Waals surface area contributed by atoms with E-state index >= 15 is 0 Å². The van der Waals surface area contributed by atoms with Crippen molar-refractivity contribution in [2.24, 2.45) is 5.92 Å². The van der Waals surface area contributed by atoms with E-state index in [2.05, 4.69) is 10.3 Å². The third-order valence-electron chi connectivity index (χ3n) is 6.64. The molecule has 2 fully saturated rings. The van der Waals surface area contributed by atoms with Gasteiger partial charge in [0.2, 0.25) is 11.5 Å². The number of hydrogen-bond acceptors (Lipinski definition) is 4. The number of aromatic amines is 1. The molecule has 164 valence electrons. The van der Waals surface area contributed by atoms with E-state index in [-0.39, 0.29) is 24.1 Å².